The van der Waals surface area contributed by atoms with Crippen molar-refractivity contribution in [1.82, 2.24) is 14.8 Å². The van der Waals surface area contributed by atoms with Crippen molar-refractivity contribution in [1.29, 1.82) is 0 Å². The summed E-state index contributed by atoms with van der Waals surface area (Å²) in [7, 11) is 0. The van der Waals surface area contributed by atoms with Gasteiger partial charge < -0.3 is 5.32 Å². The van der Waals surface area contributed by atoms with Crippen LogP contribution in [0, 0.1) is 19.7 Å². The van der Waals surface area contributed by atoms with E-state index in [0.29, 0.717) is 22.1 Å². The first-order chi connectivity index (χ1) is 10.6. The fourth-order valence-corrected chi connectivity index (χ4v) is 2.79. The number of rotatable bonds is 3. The van der Waals surface area contributed by atoms with Gasteiger partial charge in [-0.2, -0.15) is 5.10 Å². The van der Waals surface area contributed by atoms with Crippen LogP contribution in [-0.4, -0.2) is 20.7 Å². The lowest BCUT2D eigenvalue weighted by molar-refractivity contribution is 0.102. The maximum absolute atomic E-state index is 14.0. The molecule has 5 nitrogen and oxygen atoms in total. The van der Waals surface area contributed by atoms with Crippen molar-refractivity contribution < 1.29 is 9.18 Å². The molecule has 112 valence electrons. The molecule has 1 amide bonds. The largest absolute Gasteiger partial charge is 0.306 e. The first-order valence-electron chi connectivity index (χ1n) is 6.59. The Morgan fingerprint density at radius 2 is 2.09 bits per heavy atom. The number of thiazole rings is 1. The Morgan fingerprint density at radius 3 is 2.77 bits per heavy atom. The average molecular weight is 316 g/mol. The smallest absolute Gasteiger partial charge is 0.268 e. The lowest BCUT2D eigenvalue weighted by atomic mass is 10.3. The highest BCUT2D eigenvalue weighted by molar-refractivity contribution is 7.12. The van der Waals surface area contributed by atoms with Crippen LogP contribution in [0.25, 0.3) is 5.69 Å². The first kappa shape index (κ1) is 14.4. The molecule has 0 aliphatic carbocycles. The molecule has 0 saturated carbocycles. The second-order valence-corrected chi connectivity index (χ2v) is 5.61. The molecular formula is C15H13FN4OS. The molecule has 7 heteroatoms. The SMILES string of the molecule is Cc1cc(NC(=O)c2scnc2C)n(-c2ccccc2F)n1. The maximum Gasteiger partial charge on any atom is 0.268 e. The number of hydrogen-bond acceptors (Lipinski definition) is 4. The molecule has 0 atom stereocenters. The predicted octanol–water partition coefficient (Wildman–Crippen LogP) is 3.34. The van der Waals surface area contributed by atoms with E-state index in [1.807, 2.05) is 0 Å². The molecule has 0 unspecified atom stereocenters. The van der Waals surface area contributed by atoms with Crippen LogP contribution < -0.4 is 5.32 Å². The number of aryl methyl sites for hydroxylation is 2. The number of carbonyl (C=O) groups is 1. The third kappa shape index (κ3) is 2.62. The Balaban J connectivity index is 1.97. The number of halogens is 1. The second-order valence-electron chi connectivity index (χ2n) is 4.76. The van der Waals surface area contributed by atoms with Crippen molar-refractivity contribution in [2.75, 3.05) is 5.32 Å². The van der Waals surface area contributed by atoms with Crippen LogP contribution in [-0.2, 0) is 0 Å². The lowest BCUT2D eigenvalue weighted by Crippen LogP contribution is -2.15. The third-order valence-electron chi connectivity index (χ3n) is 3.11. The Kier molecular flexibility index (Phi) is 3.72. The zero-order chi connectivity index (χ0) is 15.7. The third-order valence-corrected chi connectivity index (χ3v) is 4.03. The molecule has 2 aromatic heterocycles. The zero-order valence-electron chi connectivity index (χ0n) is 12.0. The van der Waals surface area contributed by atoms with E-state index in [1.54, 1.807) is 43.6 Å². The van der Waals surface area contributed by atoms with Crippen LogP contribution in [0.4, 0.5) is 10.2 Å². The summed E-state index contributed by atoms with van der Waals surface area (Å²) >= 11 is 1.26. The van der Waals surface area contributed by atoms with Gasteiger partial charge in [-0.3, -0.25) is 4.79 Å². The van der Waals surface area contributed by atoms with Gasteiger partial charge in [-0.25, -0.2) is 14.1 Å². The minimum atomic E-state index is -0.407. The molecule has 0 aliphatic rings. The number of benzene rings is 1. The van der Waals surface area contributed by atoms with Crippen LogP contribution in [0.2, 0.25) is 0 Å². The van der Waals surface area contributed by atoms with E-state index in [9.17, 15) is 9.18 Å². The van der Waals surface area contributed by atoms with Crippen molar-refractivity contribution in [2.45, 2.75) is 13.8 Å². The van der Waals surface area contributed by atoms with Gasteiger partial charge in [0.1, 0.15) is 22.2 Å². The number of anilines is 1. The van der Waals surface area contributed by atoms with Gasteiger partial charge in [-0.05, 0) is 26.0 Å². The van der Waals surface area contributed by atoms with Crippen molar-refractivity contribution >= 4 is 23.1 Å². The Morgan fingerprint density at radius 1 is 1.32 bits per heavy atom. The van der Waals surface area contributed by atoms with Crippen LogP contribution in [0.5, 0.6) is 0 Å². The summed E-state index contributed by atoms with van der Waals surface area (Å²) < 4.78 is 15.3. The number of carbonyl (C=O) groups excluding carboxylic acids is 1. The van der Waals surface area contributed by atoms with Gasteiger partial charge in [-0.1, -0.05) is 12.1 Å². The Bertz CT molecular complexity index is 840. The zero-order valence-corrected chi connectivity index (χ0v) is 12.8. The highest BCUT2D eigenvalue weighted by atomic mass is 32.1. The molecule has 1 aromatic carbocycles. The van der Waals surface area contributed by atoms with Crippen LogP contribution >= 0.6 is 11.3 Å². The molecular weight excluding hydrogens is 303 g/mol. The molecule has 0 fully saturated rings. The molecule has 3 rings (SSSR count). The van der Waals surface area contributed by atoms with Crippen molar-refractivity contribution in [2.24, 2.45) is 0 Å². The van der Waals surface area contributed by atoms with Gasteiger partial charge in [-0.15, -0.1) is 11.3 Å². The van der Waals surface area contributed by atoms with E-state index in [-0.39, 0.29) is 11.6 Å². The number of hydrogen-bond donors (Lipinski definition) is 1. The molecule has 0 aliphatic heterocycles. The lowest BCUT2D eigenvalue weighted by Gasteiger charge is -2.09. The van der Waals surface area contributed by atoms with Crippen molar-refractivity contribution in [3.05, 3.63) is 57.9 Å². The number of amides is 1. The minimum Gasteiger partial charge on any atom is -0.306 e. The summed E-state index contributed by atoms with van der Waals surface area (Å²) in [5.41, 5.74) is 3.24. The summed E-state index contributed by atoms with van der Waals surface area (Å²) in [6.45, 7) is 3.55. The van der Waals surface area contributed by atoms with Gasteiger partial charge in [0, 0.05) is 6.07 Å². The molecule has 2 heterocycles. The van der Waals surface area contributed by atoms with Crippen LogP contribution in [0.15, 0.2) is 35.8 Å². The molecule has 1 N–H and O–H groups in total. The summed E-state index contributed by atoms with van der Waals surface area (Å²) in [6.07, 6.45) is 0. The highest BCUT2D eigenvalue weighted by Crippen LogP contribution is 2.21. The summed E-state index contributed by atoms with van der Waals surface area (Å²) in [4.78, 5) is 16.9. The van der Waals surface area contributed by atoms with E-state index >= 15 is 0 Å². The van der Waals surface area contributed by atoms with E-state index in [0.717, 1.165) is 0 Å². The van der Waals surface area contributed by atoms with Gasteiger partial charge in [0.05, 0.1) is 16.9 Å². The molecule has 0 bridgehead atoms. The van der Waals surface area contributed by atoms with Gasteiger partial charge in [0.2, 0.25) is 0 Å². The fraction of sp³-hybridized carbons (Fsp3) is 0.133. The summed E-state index contributed by atoms with van der Waals surface area (Å²) in [6, 6.07) is 7.98. The number of para-hydroxylation sites is 1. The monoisotopic (exact) mass is 316 g/mol. The Labute approximate surface area is 130 Å². The van der Waals surface area contributed by atoms with Gasteiger partial charge >= 0.3 is 0 Å². The summed E-state index contributed by atoms with van der Waals surface area (Å²) in [5, 5.41) is 7.01. The van der Waals surface area contributed by atoms with E-state index in [4.69, 9.17) is 0 Å². The first-order valence-corrected chi connectivity index (χ1v) is 7.47. The number of nitrogens with zero attached hydrogens (tertiary/aromatic N) is 3. The van der Waals surface area contributed by atoms with Crippen LogP contribution in [0.3, 0.4) is 0 Å². The topological polar surface area (TPSA) is 59.8 Å². The molecule has 22 heavy (non-hydrogen) atoms. The second kappa shape index (κ2) is 5.69. The average Bonchev–Trinajstić information content (AvgIpc) is 3.05. The summed E-state index contributed by atoms with van der Waals surface area (Å²) in [5.74, 6) is -0.270. The highest BCUT2D eigenvalue weighted by Gasteiger charge is 2.17. The minimum absolute atomic E-state index is 0.280. The molecule has 0 saturated heterocycles. The predicted molar refractivity (Wildman–Crippen MR) is 83.1 cm³/mol. The normalized spacial score (nSPS) is 10.7. The van der Waals surface area contributed by atoms with Crippen molar-refractivity contribution in [3.63, 3.8) is 0 Å². The Hall–Kier alpha value is -2.54. The van der Waals surface area contributed by atoms with E-state index in [2.05, 4.69) is 15.4 Å². The molecule has 0 radical (unpaired) electrons. The van der Waals surface area contributed by atoms with Crippen molar-refractivity contribution in [3.8, 4) is 5.69 Å². The number of aromatic nitrogens is 3. The van der Waals surface area contributed by atoms with Crippen LogP contribution in [0.1, 0.15) is 21.1 Å². The van der Waals surface area contributed by atoms with Gasteiger partial charge in [0.25, 0.3) is 5.91 Å². The number of nitrogens with one attached hydrogen (secondary N) is 1. The quantitative estimate of drug-likeness (QED) is 0.806. The fourth-order valence-electron chi connectivity index (χ4n) is 2.09. The van der Waals surface area contributed by atoms with E-state index < -0.39 is 5.82 Å². The molecule has 0 spiro atoms. The molecule has 3 aromatic rings. The van der Waals surface area contributed by atoms with E-state index in [1.165, 1.54) is 22.1 Å². The maximum atomic E-state index is 14.0. The van der Waals surface area contributed by atoms with Gasteiger partial charge in [0.15, 0.2) is 0 Å². The standard InChI is InChI=1S/C15H13FN4OS/c1-9-7-13(18-15(21)14-10(2)17-8-22-14)20(19-9)12-6-4-3-5-11(12)16/h3-8H,1-2H3,(H,18,21).